The standard InChI is InChI=1S/C12H17N3O/c1-4-5-9-11(14-15-12(9)13)10-6-7(2)16-8(10)3/h6H,4-5H2,1-3H3,(H3,13,14,15). The number of anilines is 1. The fourth-order valence-corrected chi connectivity index (χ4v) is 1.98. The van der Waals surface area contributed by atoms with Gasteiger partial charge in [0.05, 0.1) is 5.69 Å². The Morgan fingerprint density at radius 3 is 2.75 bits per heavy atom. The summed E-state index contributed by atoms with van der Waals surface area (Å²) in [5, 5.41) is 7.07. The van der Waals surface area contributed by atoms with Crippen LogP contribution in [0.1, 0.15) is 30.4 Å². The third kappa shape index (κ3) is 1.71. The largest absolute Gasteiger partial charge is 0.466 e. The van der Waals surface area contributed by atoms with E-state index in [1.54, 1.807) is 0 Å². The van der Waals surface area contributed by atoms with Gasteiger partial charge in [-0.25, -0.2) is 0 Å². The van der Waals surface area contributed by atoms with Crippen LogP contribution in [0.4, 0.5) is 5.82 Å². The molecule has 0 aromatic carbocycles. The van der Waals surface area contributed by atoms with E-state index < -0.39 is 0 Å². The molecule has 86 valence electrons. The fourth-order valence-electron chi connectivity index (χ4n) is 1.98. The molecule has 0 amide bonds. The van der Waals surface area contributed by atoms with Crippen molar-refractivity contribution in [2.24, 2.45) is 0 Å². The molecule has 4 heteroatoms. The number of H-pyrrole nitrogens is 1. The molecule has 0 spiro atoms. The Bertz CT molecular complexity index is 496. The minimum atomic E-state index is 0.593. The molecule has 2 rings (SSSR count). The second kappa shape index (κ2) is 4.04. The summed E-state index contributed by atoms with van der Waals surface area (Å²) in [5.74, 6) is 2.40. The Labute approximate surface area is 94.8 Å². The van der Waals surface area contributed by atoms with Crippen molar-refractivity contribution in [3.8, 4) is 11.3 Å². The first kappa shape index (κ1) is 10.8. The molecular weight excluding hydrogens is 202 g/mol. The molecule has 2 heterocycles. The van der Waals surface area contributed by atoms with Gasteiger partial charge in [-0.2, -0.15) is 5.10 Å². The summed E-state index contributed by atoms with van der Waals surface area (Å²) in [6.45, 7) is 6.02. The lowest BCUT2D eigenvalue weighted by Gasteiger charge is -2.00. The zero-order valence-corrected chi connectivity index (χ0v) is 9.92. The van der Waals surface area contributed by atoms with E-state index in [4.69, 9.17) is 10.2 Å². The van der Waals surface area contributed by atoms with Gasteiger partial charge in [0, 0.05) is 11.1 Å². The first-order valence-corrected chi connectivity index (χ1v) is 5.53. The van der Waals surface area contributed by atoms with Crippen LogP contribution in [0, 0.1) is 13.8 Å². The lowest BCUT2D eigenvalue weighted by Crippen LogP contribution is -1.92. The molecule has 0 aliphatic carbocycles. The zero-order chi connectivity index (χ0) is 11.7. The van der Waals surface area contributed by atoms with Crippen LogP contribution in [-0.4, -0.2) is 10.2 Å². The van der Waals surface area contributed by atoms with Crippen LogP contribution in [0.2, 0.25) is 0 Å². The number of nitrogens with one attached hydrogen (secondary N) is 1. The van der Waals surface area contributed by atoms with Crippen molar-refractivity contribution in [3.63, 3.8) is 0 Å². The van der Waals surface area contributed by atoms with Crippen molar-refractivity contribution in [1.82, 2.24) is 10.2 Å². The Morgan fingerprint density at radius 1 is 1.44 bits per heavy atom. The van der Waals surface area contributed by atoms with Gasteiger partial charge in [-0.3, -0.25) is 5.10 Å². The van der Waals surface area contributed by atoms with Crippen LogP contribution in [0.5, 0.6) is 0 Å². The van der Waals surface area contributed by atoms with Gasteiger partial charge in [0.1, 0.15) is 17.3 Å². The number of nitrogen functional groups attached to an aromatic ring is 1. The first-order valence-electron chi connectivity index (χ1n) is 5.53. The Balaban J connectivity index is 2.51. The normalized spacial score (nSPS) is 10.9. The van der Waals surface area contributed by atoms with Crippen molar-refractivity contribution in [3.05, 3.63) is 23.2 Å². The Hall–Kier alpha value is -1.71. The Morgan fingerprint density at radius 2 is 2.19 bits per heavy atom. The van der Waals surface area contributed by atoms with Crippen molar-refractivity contribution < 1.29 is 4.42 Å². The van der Waals surface area contributed by atoms with E-state index in [-0.39, 0.29) is 0 Å². The van der Waals surface area contributed by atoms with Crippen LogP contribution in [0.3, 0.4) is 0 Å². The molecule has 3 N–H and O–H groups in total. The van der Waals surface area contributed by atoms with Gasteiger partial charge >= 0.3 is 0 Å². The predicted octanol–water partition coefficient (Wildman–Crippen LogP) is 2.82. The van der Waals surface area contributed by atoms with Crippen LogP contribution in [0.15, 0.2) is 10.5 Å². The van der Waals surface area contributed by atoms with Crippen molar-refractivity contribution in [2.45, 2.75) is 33.6 Å². The van der Waals surface area contributed by atoms with E-state index in [9.17, 15) is 0 Å². The minimum absolute atomic E-state index is 0.593. The number of aromatic nitrogens is 2. The summed E-state index contributed by atoms with van der Waals surface area (Å²) in [7, 11) is 0. The monoisotopic (exact) mass is 219 g/mol. The summed E-state index contributed by atoms with van der Waals surface area (Å²) in [6, 6.07) is 2.02. The van der Waals surface area contributed by atoms with Gasteiger partial charge in [0.25, 0.3) is 0 Å². The SMILES string of the molecule is CCCc1c(N)n[nH]c1-c1cc(C)oc1C. The molecule has 0 saturated carbocycles. The maximum atomic E-state index is 5.85. The van der Waals surface area contributed by atoms with Crippen LogP contribution in [-0.2, 0) is 6.42 Å². The summed E-state index contributed by atoms with van der Waals surface area (Å²) in [5.41, 5.74) is 8.99. The number of hydrogen-bond donors (Lipinski definition) is 2. The number of aryl methyl sites for hydroxylation is 2. The van der Waals surface area contributed by atoms with Gasteiger partial charge in [0.15, 0.2) is 0 Å². The van der Waals surface area contributed by atoms with Crippen LogP contribution in [0.25, 0.3) is 11.3 Å². The van der Waals surface area contributed by atoms with E-state index >= 15 is 0 Å². The molecule has 16 heavy (non-hydrogen) atoms. The number of nitrogens with two attached hydrogens (primary N) is 1. The molecule has 2 aromatic heterocycles. The Kier molecular flexibility index (Phi) is 2.73. The second-order valence-corrected chi connectivity index (χ2v) is 4.04. The van der Waals surface area contributed by atoms with E-state index in [1.165, 1.54) is 0 Å². The van der Waals surface area contributed by atoms with Gasteiger partial charge in [-0.1, -0.05) is 13.3 Å². The van der Waals surface area contributed by atoms with Crippen molar-refractivity contribution in [2.75, 3.05) is 5.73 Å². The van der Waals surface area contributed by atoms with Crippen LogP contribution < -0.4 is 5.73 Å². The molecule has 0 atom stereocenters. The summed E-state index contributed by atoms with van der Waals surface area (Å²) in [6.07, 6.45) is 1.98. The average molecular weight is 219 g/mol. The van der Waals surface area contributed by atoms with E-state index in [0.29, 0.717) is 5.82 Å². The summed E-state index contributed by atoms with van der Waals surface area (Å²) in [4.78, 5) is 0. The second-order valence-electron chi connectivity index (χ2n) is 4.04. The lowest BCUT2D eigenvalue weighted by molar-refractivity contribution is 0.505. The van der Waals surface area contributed by atoms with Crippen LogP contribution >= 0.6 is 0 Å². The average Bonchev–Trinajstić information content (AvgIpc) is 2.73. The van der Waals surface area contributed by atoms with E-state index in [1.807, 2.05) is 19.9 Å². The highest BCUT2D eigenvalue weighted by atomic mass is 16.3. The highest BCUT2D eigenvalue weighted by Crippen LogP contribution is 2.30. The molecule has 4 nitrogen and oxygen atoms in total. The van der Waals surface area contributed by atoms with Crippen molar-refractivity contribution >= 4 is 5.82 Å². The molecule has 2 aromatic rings. The number of aromatic amines is 1. The molecule has 0 aliphatic rings. The summed E-state index contributed by atoms with van der Waals surface area (Å²) >= 11 is 0. The highest BCUT2D eigenvalue weighted by Gasteiger charge is 2.16. The molecule has 0 fully saturated rings. The zero-order valence-electron chi connectivity index (χ0n) is 9.92. The molecule has 0 bridgehead atoms. The topological polar surface area (TPSA) is 67.8 Å². The highest BCUT2D eigenvalue weighted by molar-refractivity contribution is 5.69. The molecular formula is C12H17N3O. The quantitative estimate of drug-likeness (QED) is 0.834. The van der Waals surface area contributed by atoms with Crippen molar-refractivity contribution in [1.29, 1.82) is 0 Å². The number of hydrogen-bond acceptors (Lipinski definition) is 3. The number of nitrogens with zero attached hydrogens (tertiary/aromatic N) is 1. The maximum Gasteiger partial charge on any atom is 0.149 e. The van der Waals surface area contributed by atoms with E-state index in [0.717, 1.165) is 41.2 Å². The van der Waals surface area contributed by atoms with Gasteiger partial charge in [-0.15, -0.1) is 0 Å². The molecule has 0 saturated heterocycles. The molecule has 0 radical (unpaired) electrons. The maximum absolute atomic E-state index is 5.85. The van der Waals surface area contributed by atoms with Gasteiger partial charge < -0.3 is 10.2 Å². The smallest absolute Gasteiger partial charge is 0.149 e. The van der Waals surface area contributed by atoms with Gasteiger partial charge in [-0.05, 0) is 26.3 Å². The van der Waals surface area contributed by atoms with Gasteiger partial charge in [0.2, 0.25) is 0 Å². The number of rotatable bonds is 3. The minimum Gasteiger partial charge on any atom is -0.466 e. The fraction of sp³-hybridized carbons (Fsp3) is 0.417. The number of furan rings is 1. The van der Waals surface area contributed by atoms with E-state index in [2.05, 4.69) is 17.1 Å². The first-order chi connectivity index (χ1) is 7.63. The third-order valence-corrected chi connectivity index (χ3v) is 2.71. The summed E-state index contributed by atoms with van der Waals surface area (Å²) < 4.78 is 5.52. The molecule has 0 unspecified atom stereocenters. The predicted molar refractivity (Wildman–Crippen MR) is 64.2 cm³/mol. The molecule has 0 aliphatic heterocycles. The third-order valence-electron chi connectivity index (χ3n) is 2.71. The lowest BCUT2D eigenvalue weighted by atomic mass is 10.0.